The maximum absolute atomic E-state index is 11.9. The van der Waals surface area contributed by atoms with Gasteiger partial charge in [-0.05, 0) is 90.4 Å². The lowest BCUT2D eigenvalue weighted by atomic mass is 9.81. The van der Waals surface area contributed by atoms with Crippen LogP contribution < -0.4 is 0 Å². The second-order valence-electron chi connectivity index (χ2n) is 6.61. The Bertz CT molecular complexity index is 1000. The van der Waals surface area contributed by atoms with E-state index in [0.29, 0.717) is 10.6 Å². The first-order chi connectivity index (χ1) is 12.3. The Morgan fingerprint density at radius 1 is 0.808 bits per heavy atom. The van der Waals surface area contributed by atoms with E-state index in [1.807, 2.05) is 18.2 Å². The number of aromatic carboxylic acids is 1. The summed E-state index contributed by atoms with van der Waals surface area (Å²) in [5.74, 6) is -0.953. The van der Waals surface area contributed by atoms with Gasteiger partial charge in [-0.15, -0.1) is 0 Å². The number of halogens is 1. The highest BCUT2D eigenvalue weighted by atomic mass is 35.5. The number of carboxylic acids is 1. The average molecular weight is 365 g/mol. The molecule has 0 heterocycles. The van der Waals surface area contributed by atoms with Crippen molar-refractivity contribution in [3.05, 3.63) is 81.4 Å². The van der Waals surface area contributed by atoms with E-state index in [-0.39, 0.29) is 5.56 Å². The van der Waals surface area contributed by atoms with Crippen molar-refractivity contribution in [3.8, 4) is 22.3 Å². The van der Waals surface area contributed by atoms with Crippen LogP contribution in [0, 0.1) is 27.7 Å². The smallest absolute Gasteiger partial charge is 0.336 e. The van der Waals surface area contributed by atoms with Crippen LogP contribution in [-0.2, 0) is 0 Å². The molecule has 0 amide bonds. The number of benzene rings is 3. The third kappa shape index (κ3) is 3.02. The van der Waals surface area contributed by atoms with Crippen LogP contribution >= 0.6 is 11.6 Å². The molecule has 0 fully saturated rings. The fraction of sp³-hybridized carbons (Fsp3) is 0.174. The van der Waals surface area contributed by atoms with Crippen LogP contribution in [0.5, 0.6) is 0 Å². The SMILES string of the molecule is Cc1c(C)c(C)c(-c2cc(Cl)ccc2C(=O)O)c(-c2ccccc2)c1C. The molecule has 0 radical (unpaired) electrons. The zero-order chi connectivity index (χ0) is 19.0. The van der Waals surface area contributed by atoms with Gasteiger partial charge in [0.2, 0.25) is 0 Å². The topological polar surface area (TPSA) is 37.3 Å². The van der Waals surface area contributed by atoms with E-state index in [1.54, 1.807) is 18.2 Å². The van der Waals surface area contributed by atoms with E-state index in [2.05, 4.69) is 39.8 Å². The summed E-state index contributed by atoms with van der Waals surface area (Å²) >= 11 is 6.24. The molecular weight excluding hydrogens is 344 g/mol. The van der Waals surface area contributed by atoms with Crippen molar-refractivity contribution in [1.29, 1.82) is 0 Å². The molecule has 0 aliphatic rings. The van der Waals surface area contributed by atoms with Gasteiger partial charge in [-0.1, -0.05) is 41.9 Å². The normalized spacial score (nSPS) is 10.8. The lowest BCUT2D eigenvalue weighted by Gasteiger charge is -2.22. The van der Waals surface area contributed by atoms with E-state index >= 15 is 0 Å². The Hall–Kier alpha value is -2.58. The summed E-state index contributed by atoms with van der Waals surface area (Å²) in [5, 5.41) is 10.2. The Morgan fingerprint density at radius 3 is 1.96 bits per heavy atom. The van der Waals surface area contributed by atoms with Crippen molar-refractivity contribution in [1.82, 2.24) is 0 Å². The van der Waals surface area contributed by atoms with Gasteiger partial charge < -0.3 is 5.11 Å². The zero-order valence-corrected chi connectivity index (χ0v) is 16.1. The molecule has 0 aliphatic heterocycles. The lowest BCUT2D eigenvalue weighted by molar-refractivity contribution is 0.0698. The van der Waals surface area contributed by atoms with E-state index in [0.717, 1.165) is 27.8 Å². The molecule has 0 saturated heterocycles. The molecule has 0 unspecified atom stereocenters. The standard InChI is InChI=1S/C23H21ClO2/c1-13-14(2)16(4)22(20-12-18(24)10-11-19(20)23(25)26)21(15(13)3)17-8-6-5-7-9-17/h5-12H,1-4H3,(H,25,26). The molecule has 3 rings (SSSR count). The number of hydrogen-bond donors (Lipinski definition) is 1. The van der Waals surface area contributed by atoms with Gasteiger partial charge in [0.25, 0.3) is 0 Å². The first kappa shape index (κ1) is 18.2. The minimum Gasteiger partial charge on any atom is -0.478 e. The molecule has 0 saturated carbocycles. The number of hydrogen-bond acceptors (Lipinski definition) is 1. The van der Waals surface area contributed by atoms with Gasteiger partial charge in [-0.3, -0.25) is 0 Å². The predicted octanol–water partition coefficient (Wildman–Crippen LogP) is 6.61. The van der Waals surface area contributed by atoms with Crippen LogP contribution in [0.25, 0.3) is 22.3 Å². The maximum atomic E-state index is 11.9. The van der Waals surface area contributed by atoms with Crippen molar-refractivity contribution >= 4 is 17.6 Å². The van der Waals surface area contributed by atoms with Crippen molar-refractivity contribution in [2.45, 2.75) is 27.7 Å². The van der Waals surface area contributed by atoms with Gasteiger partial charge in [0.1, 0.15) is 0 Å². The van der Waals surface area contributed by atoms with Crippen molar-refractivity contribution < 1.29 is 9.90 Å². The first-order valence-electron chi connectivity index (χ1n) is 8.52. The minimum absolute atomic E-state index is 0.261. The fourth-order valence-electron chi connectivity index (χ4n) is 3.52. The summed E-state index contributed by atoms with van der Waals surface area (Å²) in [4.78, 5) is 11.9. The van der Waals surface area contributed by atoms with Crippen LogP contribution in [0.2, 0.25) is 5.02 Å². The van der Waals surface area contributed by atoms with Crippen molar-refractivity contribution in [3.63, 3.8) is 0 Å². The minimum atomic E-state index is -0.953. The quantitative estimate of drug-likeness (QED) is 0.568. The van der Waals surface area contributed by atoms with Gasteiger partial charge in [-0.2, -0.15) is 0 Å². The van der Waals surface area contributed by atoms with Gasteiger partial charge in [-0.25, -0.2) is 4.79 Å². The molecule has 3 aromatic rings. The highest BCUT2D eigenvalue weighted by molar-refractivity contribution is 6.31. The second-order valence-corrected chi connectivity index (χ2v) is 7.05. The molecule has 3 aromatic carbocycles. The van der Waals surface area contributed by atoms with Crippen molar-refractivity contribution in [2.24, 2.45) is 0 Å². The summed E-state index contributed by atoms with van der Waals surface area (Å²) in [5.41, 5.74) is 8.64. The van der Waals surface area contributed by atoms with Crippen molar-refractivity contribution in [2.75, 3.05) is 0 Å². The Labute approximate surface area is 159 Å². The van der Waals surface area contributed by atoms with Crippen LogP contribution in [0.4, 0.5) is 0 Å². The highest BCUT2D eigenvalue weighted by Gasteiger charge is 2.22. The summed E-state index contributed by atoms with van der Waals surface area (Å²) in [6.07, 6.45) is 0. The molecule has 1 N–H and O–H groups in total. The number of carboxylic acid groups (broad SMARTS) is 1. The van der Waals surface area contributed by atoms with Gasteiger partial charge in [0, 0.05) is 5.02 Å². The van der Waals surface area contributed by atoms with Gasteiger partial charge in [0.15, 0.2) is 0 Å². The molecule has 0 bridgehead atoms. The largest absolute Gasteiger partial charge is 0.478 e. The fourth-order valence-corrected chi connectivity index (χ4v) is 3.70. The molecule has 2 nitrogen and oxygen atoms in total. The number of carbonyl (C=O) groups is 1. The zero-order valence-electron chi connectivity index (χ0n) is 15.4. The second kappa shape index (κ2) is 6.97. The Balaban J connectivity index is 2.50. The molecule has 26 heavy (non-hydrogen) atoms. The van der Waals surface area contributed by atoms with Crippen LogP contribution in [0.3, 0.4) is 0 Å². The predicted molar refractivity (Wildman–Crippen MR) is 108 cm³/mol. The maximum Gasteiger partial charge on any atom is 0.336 e. The summed E-state index contributed by atoms with van der Waals surface area (Å²) in [6, 6.07) is 15.1. The van der Waals surface area contributed by atoms with E-state index < -0.39 is 5.97 Å². The summed E-state index contributed by atoms with van der Waals surface area (Å²) < 4.78 is 0. The van der Waals surface area contributed by atoms with E-state index in [9.17, 15) is 9.90 Å². The van der Waals surface area contributed by atoms with E-state index in [4.69, 9.17) is 11.6 Å². The Morgan fingerprint density at radius 2 is 1.38 bits per heavy atom. The van der Waals surface area contributed by atoms with E-state index in [1.165, 1.54) is 11.1 Å². The van der Waals surface area contributed by atoms with Crippen LogP contribution in [0.15, 0.2) is 48.5 Å². The molecule has 0 spiro atoms. The highest BCUT2D eigenvalue weighted by Crippen LogP contribution is 2.42. The monoisotopic (exact) mass is 364 g/mol. The summed E-state index contributed by atoms with van der Waals surface area (Å²) in [6.45, 7) is 8.35. The van der Waals surface area contributed by atoms with Gasteiger partial charge in [0.05, 0.1) is 5.56 Å². The Kier molecular flexibility index (Phi) is 4.88. The average Bonchev–Trinajstić information content (AvgIpc) is 2.63. The first-order valence-corrected chi connectivity index (χ1v) is 8.89. The summed E-state index contributed by atoms with van der Waals surface area (Å²) in [7, 11) is 0. The lowest BCUT2D eigenvalue weighted by Crippen LogP contribution is -2.05. The molecule has 0 atom stereocenters. The van der Waals surface area contributed by atoms with Gasteiger partial charge >= 0.3 is 5.97 Å². The van der Waals surface area contributed by atoms with Crippen LogP contribution in [0.1, 0.15) is 32.6 Å². The molecule has 0 aromatic heterocycles. The molecule has 132 valence electrons. The van der Waals surface area contributed by atoms with Crippen LogP contribution in [-0.4, -0.2) is 11.1 Å². The third-order valence-corrected chi connectivity index (χ3v) is 5.47. The molecule has 3 heteroatoms. The number of rotatable bonds is 3. The molecule has 0 aliphatic carbocycles. The molecular formula is C23H21ClO2. The third-order valence-electron chi connectivity index (χ3n) is 5.23.